The molecule has 1 nitrogen and oxygen atoms in total. The van der Waals surface area contributed by atoms with Crippen LogP contribution in [0.1, 0.15) is 20.6 Å². The van der Waals surface area contributed by atoms with E-state index in [4.69, 9.17) is 8.22 Å². The standard InChI is InChI=1S/C56H39N/c1-3-11-40(12-4-1)42-19-21-43(22-20-42)44-25-32-51(33-26-44)57(52-34-27-45(28-35-52)50-24-23-41-13-7-8-17-49(41)39-50)53-36-29-47(30-37-53)55-38-31-46-14-9-10-18-54(46)56(55)48-15-5-2-6-16-48/h1-39H/i7D,8D,13D,17D,23D,24D,25D,26D,27D,28D,32D,33D,34D,35D,39D. The SMILES string of the molecule is [2H]c1c([2H])c(N(c2ccc(-c3ccc4ccccc4c3-c3ccccc3)cc2)c2c([2H])c([2H])c(-c3c([2H])c([2H])c4c([2H])c([2H])c([2H])c([2H])c4c3[2H])c([2H])c2[2H])c([2H])c([2H])c1-c1ccc(-c2ccccc2)cc1. The maximum atomic E-state index is 9.60. The minimum absolute atomic E-state index is 0.00488. The van der Waals surface area contributed by atoms with E-state index in [1.807, 2.05) is 109 Å². The lowest BCUT2D eigenvalue weighted by atomic mass is 9.90. The average molecular weight is 741 g/mol. The lowest BCUT2D eigenvalue weighted by Gasteiger charge is -2.26. The van der Waals surface area contributed by atoms with Gasteiger partial charge in [0.05, 0.1) is 20.6 Å². The van der Waals surface area contributed by atoms with E-state index in [1.165, 1.54) is 0 Å². The summed E-state index contributed by atoms with van der Waals surface area (Å²) in [5, 5.41) is 1.19. The second-order valence-corrected chi connectivity index (χ2v) is 13.3. The molecule has 0 unspecified atom stereocenters. The maximum Gasteiger partial charge on any atom is 0.0645 e. The van der Waals surface area contributed by atoms with E-state index < -0.39 is 118 Å². The van der Waals surface area contributed by atoms with Gasteiger partial charge in [-0.1, -0.05) is 194 Å². The Morgan fingerprint density at radius 3 is 1.47 bits per heavy atom. The lowest BCUT2D eigenvalue weighted by molar-refractivity contribution is 1.28. The predicted molar refractivity (Wildman–Crippen MR) is 243 cm³/mol. The molecule has 0 N–H and O–H groups in total. The van der Waals surface area contributed by atoms with Crippen molar-refractivity contribution in [3.63, 3.8) is 0 Å². The molecule has 57 heavy (non-hydrogen) atoms. The van der Waals surface area contributed by atoms with Crippen LogP contribution in [0.3, 0.4) is 0 Å². The molecule has 0 bridgehead atoms. The minimum Gasteiger partial charge on any atom is -0.311 e. The number of nitrogens with zero attached hydrogens (tertiary/aromatic N) is 1. The molecular weight excluding hydrogens is 687 g/mol. The first-order valence-corrected chi connectivity index (χ1v) is 18.4. The molecule has 0 aromatic heterocycles. The predicted octanol–water partition coefficient (Wildman–Crippen LogP) is 15.8. The second-order valence-electron chi connectivity index (χ2n) is 13.3. The van der Waals surface area contributed by atoms with Crippen LogP contribution in [-0.2, 0) is 0 Å². The van der Waals surface area contributed by atoms with Gasteiger partial charge < -0.3 is 4.90 Å². The fourth-order valence-corrected chi connectivity index (χ4v) is 7.06. The van der Waals surface area contributed by atoms with Gasteiger partial charge in [-0.05, 0) is 120 Å². The van der Waals surface area contributed by atoms with E-state index in [-0.39, 0.29) is 16.9 Å². The average Bonchev–Trinajstić information content (AvgIpc) is 3.40. The molecule has 10 rings (SSSR count). The summed E-state index contributed by atoms with van der Waals surface area (Å²) in [5.74, 6) is 0. The highest BCUT2D eigenvalue weighted by Gasteiger charge is 2.16. The molecular formula is C56H39N. The van der Waals surface area contributed by atoms with Crippen LogP contribution in [0, 0.1) is 0 Å². The third kappa shape index (κ3) is 6.77. The van der Waals surface area contributed by atoms with Crippen molar-refractivity contribution >= 4 is 38.6 Å². The van der Waals surface area contributed by atoms with E-state index in [2.05, 4.69) is 0 Å². The Kier molecular flexibility index (Phi) is 5.67. The largest absolute Gasteiger partial charge is 0.311 e. The Balaban J connectivity index is 1.21. The van der Waals surface area contributed by atoms with Crippen molar-refractivity contribution in [2.75, 3.05) is 4.90 Å². The van der Waals surface area contributed by atoms with E-state index in [1.54, 1.807) is 36.4 Å². The van der Waals surface area contributed by atoms with Gasteiger partial charge in [-0.2, -0.15) is 0 Å². The quantitative estimate of drug-likeness (QED) is 0.150. The lowest BCUT2D eigenvalue weighted by Crippen LogP contribution is -2.09. The molecule has 268 valence electrons. The van der Waals surface area contributed by atoms with Crippen LogP contribution in [0.4, 0.5) is 17.1 Å². The molecule has 0 radical (unpaired) electrons. The molecule has 0 saturated carbocycles. The van der Waals surface area contributed by atoms with Crippen LogP contribution in [-0.4, -0.2) is 0 Å². The zero-order valence-corrected chi connectivity index (χ0v) is 30.3. The Labute approximate surface area is 355 Å². The van der Waals surface area contributed by atoms with E-state index >= 15 is 0 Å². The van der Waals surface area contributed by atoms with Gasteiger partial charge in [-0.15, -0.1) is 0 Å². The second kappa shape index (κ2) is 15.0. The molecule has 0 aliphatic rings. The monoisotopic (exact) mass is 740 g/mol. The Morgan fingerprint density at radius 2 is 0.807 bits per heavy atom. The summed E-state index contributed by atoms with van der Waals surface area (Å²) in [4.78, 5) is 1.16. The summed E-state index contributed by atoms with van der Waals surface area (Å²) in [7, 11) is 0. The van der Waals surface area contributed by atoms with Gasteiger partial charge in [-0.3, -0.25) is 0 Å². The molecule has 10 aromatic carbocycles. The van der Waals surface area contributed by atoms with Gasteiger partial charge in [0.15, 0.2) is 0 Å². The number of hydrogen-bond donors (Lipinski definition) is 0. The fraction of sp³-hybridized carbons (Fsp3) is 0. The number of hydrogen-bond acceptors (Lipinski definition) is 1. The van der Waals surface area contributed by atoms with Gasteiger partial charge in [-0.25, -0.2) is 0 Å². The van der Waals surface area contributed by atoms with Gasteiger partial charge in [0, 0.05) is 17.1 Å². The fourth-order valence-electron chi connectivity index (χ4n) is 7.06. The summed E-state index contributed by atoms with van der Waals surface area (Å²) >= 11 is 0. The summed E-state index contributed by atoms with van der Waals surface area (Å²) in [6.45, 7) is 0. The van der Waals surface area contributed by atoms with E-state index in [0.717, 1.165) is 49.1 Å². The Hall–Kier alpha value is -7.48. The van der Waals surface area contributed by atoms with Crippen molar-refractivity contribution in [2.24, 2.45) is 0 Å². The van der Waals surface area contributed by atoms with Crippen molar-refractivity contribution in [1.82, 2.24) is 0 Å². The van der Waals surface area contributed by atoms with E-state index in [0.29, 0.717) is 5.56 Å². The maximum absolute atomic E-state index is 9.60. The van der Waals surface area contributed by atoms with Gasteiger partial charge in [0.1, 0.15) is 0 Å². The van der Waals surface area contributed by atoms with Crippen molar-refractivity contribution in [2.45, 2.75) is 0 Å². The highest BCUT2D eigenvalue weighted by atomic mass is 15.1. The molecule has 0 spiro atoms. The molecule has 0 heterocycles. The molecule has 0 saturated heterocycles. The van der Waals surface area contributed by atoms with Crippen molar-refractivity contribution in [3.05, 3.63) is 236 Å². The van der Waals surface area contributed by atoms with Crippen molar-refractivity contribution in [3.8, 4) is 55.6 Å². The first-order chi connectivity index (χ1) is 34.5. The van der Waals surface area contributed by atoms with Crippen molar-refractivity contribution in [1.29, 1.82) is 0 Å². The van der Waals surface area contributed by atoms with Crippen molar-refractivity contribution < 1.29 is 20.6 Å². The summed E-state index contributed by atoms with van der Waals surface area (Å²) in [5.41, 5.74) is 3.88. The highest BCUT2D eigenvalue weighted by Crippen LogP contribution is 2.41. The first-order valence-electron chi connectivity index (χ1n) is 25.9. The number of benzene rings is 10. The number of anilines is 3. The number of fused-ring (bicyclic) bond motifs is 2. The van der Waals surface area contributed by atoms with Crippen LogP contribution < -0.4 is 4.90 Å². The van der Waals surface area contributed by atoms with Crippen LogP contribution >= 0.6 is 0 Å². The van der Waals surface area contributed by atoms with Gasteiger partial charge in [0.2, 0.25) is 0 Å². The molecule has 0 amide bonds. The topological polar surface area (TPSA) is 3.24 Å². The summed E-state index contributed by atoms with van der Waals surface area (Å²) in [6, 6.07) is 35.5. The molecule has 1 heteroatoms. The Morgan fingerprint density at radius 1 is 0.298 bits per heavy atom. The first kappa shape index (κ1) is 21.6. The van der Waals surface area contributed by atoms with Crippen LogP contribution in [0.2, 0.25) is 0 Å². The van der Waals surface area contributed by atoms with Gasteiger partial charge >= 0.3 is 0 Å². The zero-order chi connectivity index (χ0) is 51.0. The molecule has 0 fully saturated rings. The van der Waals surface area contributed by atoms with Crippen LogP contribution in [0.15, 0.2) is 236 Å². The highest BCUT2D eigenvalue weighted by molar-refractivity contribution is 6.04. The van der Waals surface area contributed by atoms with Gasteiger partial charge in [0.25, 0.3) is 0 Å². The third-order valence-electron chi connectivity index (χ3n) is 9.88. The van der Waals surface area contributed by atoms with Crippen LogP contribution in [0.25, 0.3) is 77.2 Å². The smallest absolute Gasteiger partial charge is 0.0645 e. The molecule has 0 aliphatic heterocycles. The molecule has 0 aliphatic carbocycles. The molecule has 0 atom stereocenters. The third-order valence-corrected chi connectivity index (χ3v) is 9.88. The Bertz CT molecular complexity index is 3790. The molecule has 10 aromatic rings. The minimum atomic E-state index is -0.789. The normalized spacial score (nSPS) is 14.8. The van der Waals surface area contributed by atoms with E-state index in [9.17, 15) is 12.3 Å². The summed E-state index contributed by atoms with van der Waals surface area (Å²) in [6.07, 6.45) is 0. The zero-order valence-electron chi connectivity index (χ0n) is 45.3. The number of rotatable bonds is 8. The van der Waals surface area contributed by atoms with Crippen LogP contribution in [0.5, 0.6) is 0 Å². The summed E-state index contributed by atoms with van der Waals surface area (Å²) < 4.78 is 137.